The highest BCUT2D eigenvalue weighted by Crippen LogP contribution is 2.50. The Hall–Kier alpha value is -4.08. The molecule has 0 aromatic heterocycles. The molecule has 278 valence electrons. The van der Waals surface area contributed by atoms with Gasteiger partial charge in [-0.3, -0.25) is 9.69 Å². The summed E-state index contributed by atoms with van der Waals surface area (Å²) in [5, 5.41) is 1.28. The first kappa shape index (κ1) is 40.7. The maximum atomic E-state index is 12.5. The molecule has 0 fully saturated rings. The van der Waals surface area contributed by atoms with Gasteiger partial charge in [0.05, 0.1) is 32.2 Å². The summed E-state index contributed by atoms with van der Waals surface area (Å²) < 4.78 is 3.63. The van der Waals surface area contributed by atoms with Crippen LogP contribution in [0.15, 0.2) is 82.6 Å². The summed E-state index contributed by atoms with van der Waals surface area (Å²) in [6.45, 7) is 27.1. The van der Waals surface area contributed by atoms with Crippen LogP contribution in [-0.4, -0.2) is 63.2 Å². The van der Waals surface area contributed by atoms with E-state index in [1.807, 2.05) is 16.2 Å². The van der Waals surface area contributed by atoms with E-state index in [4.69, 9.17) is 4.98 Å². The van der Waals surface area contributed by atoms with Crippen molar-refractivity contribution in [2.45, 2.75) is 79.5 Å². The second-order valence-electron chi connectivity index (χ2n) is 12.5. The molecule has 0 radical (unpaired) electrons. The summed E-state index contributed by atoms with van der Waals surface area (Å²) in [5.74, 6) is 0.0454. The molecule has 0 N–H and O–H groups in total. The van der Waals surface area contributed by atoms with Crippen LogP contribution < -0.4 is 29.5 Å². The van der Waals surface area contributed by atoms with Crippen molar-refractivity contribution in [1.29, 1.82) is 0 Å². The Bertz CT molecular complexity index is 1930. The Morgan fingerprint density at radius 1 is 0.654 bits per heavy atom. The van der Waals surface area contributed by atoms with E-state index in [1.165, 1.54) is 32.0 Å². The van der Waals surface area contributed by atoms with Gasteiger partial charge in [-0.05, 0) is 116 Å². The van der Waals surface area contributed by atoms with Crippen LogP contribution in [0.3, 0.4) is 0 Å². The highest BCUT2D eigenvalue weighted by Gasteiger charge is 2.27. The number of hydrogen-bond donors (Lipinski definition) is 0. The van der Waals surface area contributed by atoms with E-state index in [1.54, 1.807) is 18.7 Å². The zero-order valence-corrected chi connectivity index (χ0v) is 33.6. The van der Waals surface area contributed by atoms with Crippen molar-refractivity contribution in [1.82, 2.24) is 9.56 Å². The fourth-order valence-electron chi connectivity index (χ4n) is 6.87. The molecule has 3 aromatic rings. The molecule has 1 aliphatic carbocycles. The van der Waals surface area contributed by atoms with Crippen LogP contribution in [0.5, 0.6) is 0 Å². The van der Waals surface area contributed by atoms with Gasteiger partial charge in [0.1, 0.15) is 13.1 Å². The lowest BCUT2D eigenvalue weighted by atomic mass is 10.1. The molecule has 2 heterocycles. The first-order valence-corrected chi connectivity index (χ1v) is 20.3. The summed E-state index contributed by atoms with van der Waals surface area (Å²) in [6, 6.07) is 26.1. The van der Waals surface area contributed by atoms with Crippen LogP contribution in [0.1, 0.15) is 69.7 Å². The predicted octanol–water partition coefficient (Wildman–Crippen LogP) is 10.2. The molecule has 7 nitrogen and oxygen atoms in total. The van der Waals surface area contributed by atoms with Crippen molar-refractivity contribution in [2.24, 2.45) is 0 Å². The Balaban J connectivity index is 0.000000230. The molecule has 3 aliphatic rings. The summed E-state index contributed by atoms with van der Waals surface area (Å²) in [5.41, 5.74) is 7.82. The van der Waals surface area contributed by atoms with Crippen molar-refractivity contribution in [3.63, 3.8) is 0 Å². The second kappa shape index (κ2) is 18.6. The molecule has 52 heavy (non-hydrogen) atoms. The Kier molecular flexibility index (Phi) is 14.6. The van der Waals surface area contributed by atoms with Crippen molar-refractivity contribution in [3.8, 4) is 10.6 Å². The first-order chi connectivity index (χ1) is 24.7. The molecule has 0 saturated heterocycles. The average molecular weight is 740 g/mol. The normalized spacial score (nSPS) is 11.6. The summed E-state index contributed by atoms with van der Waals surface area (Å²) in [4.78, 5) is 29.8. The Morgan fingerprint density at radius 2 is 1.13 bits per heavy atom. The third-order valence-corrected chi connectivity index (χ3v) is 12.0. The monoisotopic (exact) mass is 739 g/mol. The summed E-state index contributed by atoms with van der Waals surface area (Å²) in [7, 11) is 0. The quantitative estimate of drug-likeness (QED) is 0.0993. The molecule has 3 aromatic carbocycles. The highest BCUT2D eigenvalue weighted by molar-refractivity contribution is 7.99. The van der Waals surface area contributed by atoms with Crippen LogP contribution in [0, 0.1) is 0 Å². The number of anilines is 5. The van der Waals surface area contributed by atoms with E-state index in [0.29, 0.717) is 0 Å². The standard InChI is InChI=1S/C22H29N3OS.C20H26N3S.CH4/c1-6-23(7-2)17-10-12-19-21(14-17)27-22-15-18(24(8-3)9-4)11-13-20(22)25(19)16(5)26;1-5-22(6-2)15-9-11-17-19(13-15)24-20-14-16(23(7-3)8-4)10-12-18(20)21-17;/h10-15H,6-9H2,1-5H3;9-14H,5-8H2,1-4H3;1H4/q;+1;. The van der Waals surface area contributed by atoms with Crippen molar-refractivity contribution >= 4 is 67.7 Å². The van der Waals surface area contributed by atoms with Gasteiger partial charge in [-0.15, -0.1) is 11.3 Å². The van der Waals surface area contributed by atoms with E-state index < -0.39 is 0 Å². The number of rotatable bonds is 11. The van der Waals surface area contributed by atoms with Crippen molar-refractivity contribution in [3.05, 3.63) is 78.2 Å². The number of nitrogens with zero attached hydrogens (tertiary/aromatic N) is 6. The molecular formula is C43H59N6OS2+. The number of benzene rings is 4. The number of aromatic nitrogens is 1. The van der Waals surface area contributed by atoms with Gasteiger partial charge in [-0.25, -0.2) is 9.56 Å². The molecule has 2 aliphatic heterocycles. The molecule has 0 unspecified atom stereocenters. The van der Waals surface area contributed by atoms with Gasteiger partial charge < -0.3 is 14.7 Å². The molecule has 6 rings (SSSR count). The topological polar surface area (TPSA) is 45.9 Å². The number of fused-ring (bicyclic) bond motifs is 4. The van der Waals surface area contributed by atoms with Crippen LogP contribution in [0.4, 0.5) is 28.4 Å². The molecule has 0 atom stereocenters. The highest BCUT2D eigenvalue weighted by atomic mass is 32.2. The van der Waals surface area contributed by atoms with E-state index in [9.17, 15) is 4.79 Å². The van der Waals surface area contributed by atoms with Gasteiger partial charge >= 0.3 is 0 Å². The van der Waals surface area contributed by atoms with Gasteiger partial charge in [-0.1, -0.05) is 19.2 Å². The Morgan fingerprint density at radius 3 is 1.60 bits per heavy atom. The van der Waals surface area contributed by atoms with E-state index >= 15 is 0 Å². The summed E-state index contributed by atoms with van der Waals surface area (Å²) in [6.07, 6.45) is 0. The third kappa shape index (κ3) is 8.58. The fourth-order valence-corrected chi connectivity index (χ4v) is 9.03. The largest absolute Gasteiger partial charge is 0.372 e. The lowest BCUT2D eigenvalue weighted by Crippen LogP contribution is -2.29. The number of carbonyl (C=O) groups excluding carboxylic acids is 1. The van der Waals surface area contributed by atoms with Gasteiger partial charge in [0.15, 0.2) is 0 Å². The molecule has 1 amide bonds. The minimum Gasteiger partial charge on any atom is -0.372 e. The van der Waals surface area contributed by atoms with Crippen molar-refractivity contribution in [2.75, 3.05) is 72.0 Å². The third-order valence-electron chi connectivity index (χ3n) is 9.77. The zero-order valence-electron chi connectivity index (χ0n) is 32.0. The van der Waals surface area contributed by atoms with Gasteiger partial charge in [0.2, 0.25) is 11.3 Å². The molecule has 0 saturated carbocycles. The van der Waals surface area contributed by atoms with Gasteiger partial charge in [0, 0.05) is 85.2 Å². The number of hydrogen-bond acceptors (Lipinski definition) is 7. The van der Waals surface area contributed by atoms with Crippen molar-refractivity contribution < 1.29 is 4.79 Å². The second-order valence-corrected chi connectivity index (χ2v) is 14.6. The fraction of sp³-hybridized carbons (Fsp3) is 0.419. The minimum absolute atomic E-state index is 0. The van der Waals surface area contributed by atoms with Crippen LogP contribution in [0.25, 0.3) is 20.8 Å². The molecule has 0 spiro atoms. The van der Waals surface area contributed by atoms with E-state index in [0.717, 1.165) is 84.7 Å². The smallest absolute Gasteiger partial charge is 0.228 e. The number of carbonyl (C=O) groups is 1. The molecule has 9 heteroatoms. The predicted molar refractivity (Wildman–Crippen MR) is 230 cm³/mol. The SMILES string of the molecule is C.CCN(CC)c1ccc2c(c1)Sc1cc(N(CC)CC)ccc1N2C(C)=O.CCN(CC)c1ccc2nc3ccc(=[N+](CC)CC)cc-3sc2c1. The van der Waals surface area contributed by atoms with Crippen LogP contribution in [-0.2, 0) is 4.79 Å². The minimum atomic E-state index is 0. The number of amides is 1. The zero-order chi connectivity index (χ0) is 36.7. The maximum absolute atomic E-state index is 12.5. The Labute approximate surface area is 321 Å². The van der Waals surface area contributed by atoms with E-state index in [-0.39, 0.29) is 13.3 Å². The first-order valence-electron chi connectivity index (χ1n) is 18.7. The van der Waals surface area contributed by atoms with Gasteiger partial charge in [0.25, 0.3) is 0 Å². The summed E-state index contributed by atoms with van der Waals surface area (Å²) >= 11 is 3.60. The maximum Gasteiger partial charge on any atom is 0.228 e. The van der Waals surface area contributed by atoms with Crippen LogP contribution >= 0.6 is 23.1 Å². The molecular weight excluding hydrogens is 681 g/mol. The lowest BCUT2D eigenvalue weighted by molar-refractivity contribution is -0.115. The van der Waals surface area contributed by atoms with Crippen LogP contribution in [0.2, 0.25) is 0 Å². The lowest BCUT2D eigenvalue weighted by Gasteiger charge is -2.33. The molecule has 0 bridgehead atoms. The van der Waals surface area contributed by atoms with Gasteiger partial charge in [-0.2, -0.15) is 0 Å². The average Bonchev–Trinajstić information content (AvgIpc) is 3.15. The van der Waals surface area contributed by atoms with E-state index in [2.05, 4.69) is 147 Å².